The van der Waals surface area contributed by atoms with Gasteiger partial charge in [-0.3, -0.25) is 0 Å². The predicted octanol–water partition coefficient (Wildman–Crippen LogP) is 2.69. The van der Waals surface area contributed by atoms with Crippen molar-refractivity contribution in [3.8, 4) is 0 Å². The number of halogens is 1. The fourth-order valence-electron chi connectivity index (χ4n) is 2.44. The summed E-state index contributed by atoms with van der Waals surface area (Å²) in [7, 11) is 0. The molecule has 18 heavy (non-hydrogen) atoms. The summed E-state index contributed by atoms with van der Waals surface area (Å²) in [5, 5.41) is 3.47. The maximum Gasteiger partial charge on any atom is 0.123 e. The minimum absolute atomic E-state index is 0.149. The highest BCUT2D eigenvalue weighted by Crippen LogP contribution is 2.13. The molecule has 2 nitrogen and oxygen atoms in total. The summed E-state index contributed by atoms with van der Waals surface area (Å²) >= 11 is 0. The second kappa shape index (κ2) is 6.86. The van der Waals surface area contributed by atoms with Crippen molar-refractivity contribution in [2.45, 2.75) is 26.2 Å². The number of benzene rings is 1. The standard InChI is InChI=1S/C15H22FNO/c1-12-9-15(16)5-4-14(12)6-7-17-10-13-3-2-8-18-11-13/h4-5,9,13,17H,2-3,6-8,10-11H2,1H3. The first kappa shape index (κ1) is 13.5. The predicted molar refractivity (Wildman–Crippen MR) is 71.3 cm³/mol. The lowest BCUT2D eigenvalue weighted by Crippen LogP contribution is -2.30. The molecule has 1 N–H and O–H groups in total. The smallest absolute Gasteiger partial charge is 0.123 e. The van der Waals surface area contributed by atoms with Crippen LogP contribution in [0.4, 0.5) is 4.39 Å². The summed E-state index contributed by atoms with van der Waals surface area (Å²) in [5.41, 5.74) is 2.27. The van der Waals surface area contributed by atoms with Gasteiger partial charge in [-0.2, -0.15) is 0 Å². The maximum atomic E-state index is 12.9. The van der Waals surface area contributed by atoms with Crippen LogP contribution in [-0.2, 0) is 11.2 Å². The van der Waals surface area contributed by atoms with E-state index in [0.717, 1.165) is 38.3 Å². The van der Waals surface area contributed by atoms with Gasteiger partial charge in [0.1, 0.15) is 5.82 Å². The van der Waals surface area contributed by atoms with Crippen molar-refractivity contribution < 1.29 is 9.13 Å². The van der Waals surface area contributed by atoms with Crippen molar-refractivity contribution in [3.05, 3.63) is 35.1 Å². The summed E-state index contributed by atoms with van der Waals surface area (Å²) in [4.78, 5) is 0. The Morgan fingerprint density at radius 3 is 3.06 bits per heavy atom. The minimum Gasteiger partial charge on any atom is -0.381 e. The Hall–Kier alpha value is -0.930. The van der Waals surface area contributed by atoms with Crippen LogP contribution in [-0.4, -0.2) is 26.3 Å². The van der Waals surface area contributed by atoms with Crippen molar-refractivity contribution in [3.63, 3.8) is 0 Å². The van der Waals surface area contributed by atoms with E-state index in [1.54, 1.807) is 6.07 Å². The van der Waals surface area contributed by atoms with E-state index in [0.29, 0.717) is 5.92 Å². The quantitative estimate of drug-likeness (QED) is 0.812. The molecule has 1 atom stereocenters. The van der Waals surface area contributed by atoms with E-state index in [4.69, 9.17) is 4.74 Å². The topological polar surface area (TPSA) is 21.3 Å². The van der Waals surface area contributed by atoms with Crippen molar-refractivity contribution in [1.29, 1.82) is 0 Å². The third kappa shape index (κ3) is 4.07. The lowest BCUT2D eigenvalue weighted by Gasteiger charge is -2.22. The minimum atomic E-state index is -0.149. The third-order valence-electron chi connectivity index (χ3n) is 3.56. The Balaban J connectivity index is 1.68. The van der Waals surface area contributed by atoms with Gasteiger partial charge in [0.2, 0.25) is 0 Å². The van der Waals surface area contributed by atoms with E-state index in [1.807, 2.05) is 13.0 Å². The van der Waals surface area contributed by atoms with Gasteiger partial charge in [-0.15, -0.1) is 0 Å². The monoisotopic (exact) mass is 251 g/mol. The first-order valence-electron chi connectivity index (χ1n) is 6.79. The van der Waals surface area contributed by atoms with Gasteiger partial charge < -0.3 is 10.1 Å². The zero-order chi connectivity index (χ0) is 12.8. The highest BCUT2D eigenvalue weighted by molar-refractivity contribution is 5.26. The van der Waals surface area contributed by atoms with E-state index < -0.39 is 0 Å². The van der Waals surface area contributed by atoms with Crippen LogP contribution in [0, 0.1) is 18.7 Å². The van der Waals surface area contributed by atoms with E-state index in [-0.39, 0.29) is 5.82 Å². The molecule has 2 rings (SSSR count). The first-order chi connectivity index (χ1) is 8.75. The molecule has 1 aromatic carbocycles. The number of hydrogen-bond donors (Lipinski definition) is 1. The molecule has 1 aromatic rings. The highest BCUT2D eigenvalue weighted by atomic mass is 19.1. The first-order valence-corrected chi connectivity index (χ1v) is 6.79. The zero-order valence-corrected chi connectivity index (χ0v) is 11.0. The molecule has 0 radical (unpaired) electrons. The Labute approximate surface area is 109 Å². The molecule has 1 unspecified atom stereocenters. The second-order valence-corrected chi connectivity index (χ2v) is 5.11. The van der Waals surface area contributed by atoms with Crippen LogP contribution in [0.1, 0.15) is 24.0 Å². The number of rotatable bonds is 5. The molecule has 0 saturated carbocycles. The number of nitrogens with one attached hydrogen (secondary N) is 1. The molecular formula is C15H22FNO. The molecule has 1 saturated heterocycles. The average Bonchev–Trinajstić information content (AvgIpc) is 2.38. The average molecular weight is 251 g/mol. The Morgan fingerprint density at radius 2 is 2.33 bits per heavy atom. The molecule has 0 aromatic heterocycles. The van der Waals surface area contributed by atoms with Crippen molar-refractivity contribution in [2.24, 2.45) is 5.92 Å². The van der Waals surface area contributed by atoms with Gasteiger partial charge in [0.15, 0.2) is 0 Å². The summed E-state index contributed by atoms with van der Waals surface area (Å²) in [5.74, 6) is 0.511. The fraction of sp³-hybridized carbons (Fsp3) is 0.600. The van der Waals surface area contributed by atoms with Crippen molar-refractivity contribution in [1.82, 2.24) is 5.32 Å². The number of aryl methyl sites for hydroxylation is 1. The second-order valence-electron chi connectivity index (χ2n) is 5.11. The van der Waals surface area contributed by atoms with Crippen LogP contribution < -0.4 is 5.32 Å². The molecule has 0 amide bonds. The van der Waals surface area contributed by atoms with Crippen LogP contribution in [0.2, 0.25) is 0 Å². The van der Waals surface area contributed by atoms with E-state index in [9.17, 15) is 4.39 Å². The van der Waals surface area contributed by atoms with Crippen LogP contribution in [0.15, 0.2) is 18.2 Å². The molecule has 0 bridgehead atoms. The molecule has 3 heteroatoms. The molecule has 100 valence electrons. The maximum absolute atomic E-state index is 12.9. The molecule has 0 aliphatic carbocycles. The number of ether oxygens (including phenoxy) is 1. The van der Waals surface area contributed by atoms with Gasteiger partial charge in [0.05, 0.1) is 6.61 Å². The lowest BCUT2D eigenvalue weighted by atomic mass is 10.0. The lowest BCUT2D eigenvalue weighted by molar-refractivity contribution is 0.0550. The van der Waals surface area contributed by atoms with Gasteiger partial charge >= 0.3 is 0 Å². The molecule has 1 fully saturated rings. The van der Waals surface area contributed by atoms with Crippen LogP contribution in [0.3, 0.4) is 0 Å². The Kier molecular flexibility index (Phi) is 5.14. The van der Waals surface area contributed by atoms with Crippen LogP contribution in [0.5, 0.6) is 0 Å². The van der Waals surface area contributed by atoms with E-state index in [2.05, 4.69) is 5.32 Å². The number of hydrogen-bond acceptors (Lipinski definition) is 2. The summed E-state index contributed by atoms with van der Waals surface area (Å²) in [6.07, 6.45) is 3.41. The normalized spacial score (nSPS) is 20.0. The van der Waals surface area contributed by atoms with Gasteiger partial charge in [-0.1, -0.05) is 6.07 Å². The van der Waals surface area contributed by atoms with Crippen LogP contribution in [0.25, 0.3) is 0 Å². The van der Waals surface area contributed by atoms with Crippen molar-refractivity contribution >= 4 is 0 Å². The molecule has 1 aliphatic rings. The highest BCUT2D eigenvalue weighted by Gasteiger charge is 2.12. The molecule has 1 heterocycles. The molecule has 0 spiro atoms. The summed E-state index contributed by atoms with van der Waals surface area (Å²) < 4.78 is 18.4. The van der Waals surface area contributed by atoms with Gasteiger partial charge in [0, 0.05) is 13.2 Å². The Morgan fingerprint density at radius 1 is 1.44 bits per heavy atom. The van der Waals surface area contributed by atoms with Gasteiger partial charge in [-0.05, 0) is 61.9 Å². The SMILES string of the molecule is Cc1cc(F)ccc1CCNCC1CCCOC1. The van der Waals surface area contributed by atoms with Gasteiger partial charge in [-0.25, -0.2) is 4.39 Å². The van der Waals surface area contributed by atoms with Gasteiger partial charge in [0.25, 0.3) is 0 Å². The van der Waals surface area contributed by atoms with E-state index in [1.165, 1.54) is 24.5 Å². The van der Waals surface area contributed by atoms with Crippen molar-refractivity contribution in [2.75, 3.05) is 26.3 Å². The molecule has 1 aliphatic heterocycles. The van der Waals surface area contributed by atoms with Crippen LogP contribution >= 0.6 is 0 Å². The largest absolute Gasteiger partial charge is 0.381 e. The Bertz CT molecular complexity index is 375. The zero-order valence-electron chi connectivity index (χ0n) is 11.0. The summed E-state index contributed by atoms with van der Waals surface area (Å²) in [6, 6.07) is 5.03. The fourth-order valence-corrected chi connectivity index (χ4v) is 2.44. The van der Waals surface area contributed by atoms with E-state index >= 15 is 0 Å². The summed E-state index contributed by atoms with van der Waals surface area (Å²) in [6.45, 7) is 5.75. The third-order valence-corrected chi connectivity index (χ3v) is 3.56. The molecular weight excluding hydrogens is 229 g/mol.